The fourth-order valence-corrected chi connectivity index (χ4v) is 2.72. The summed E-state index contributed by atoms with van der Waals surface area (Å²) in [5, 5.41) is 16.8. The minimum absolute atomic E-state index is 0. The van der Waals surface area contributed by atoms with Crippen LogP contribution >= 0.6 is 24.0 Å². The monoisotopic (exact) mass is 475 g/mol. The number of nitrogens with one attached hydrogen (secondary N) is 2. The molecule has 0 bridgehead atoms. The van der Waals surface area contributed by atoms with E-state index in [9.17, 15) is 5.11 Å². The SMILES string of the molecule is CCNC(=NCc1ccc(C)cc1OC(C)CC)NCC1(O)CCC1.I. The van der Waals surface area contributed by atoms with E-state index in [4.69, 9.17) is 4.74 Å². The zero-order valence-corrected chi connectivity index (χ0v) is 18.8. The average molecular weight is 475 g/mol. The Hall–Kier alpha value is -1.02. The number of hydrogen-bond donors (Lipinski definition) is 3. The fourth-order valence-electron chi connectivity index (χ4n) is 2.72. The highest BCUT2D eigenvalue weighted by molar-refractivity contribution is 14.0. The number of aryl methyl sites for hydroxylation is 1. The molecule has 26 heavy (non-hydrogen) atoms. The van der Waals surface area contributed by atoms with Gasteiger partial charge < -0.3 is 20.5 Å². The maximum Gasteiger partial charge on any atom is 0.191 e. The number of nitrogens with zero attached hydrogens (tertiary/aromatic N) is 1. The van der Waals surface area contributed by atoms with Crippen molar-refractivity contribution >= 4 is 29.9 Å². The molecule has 0 radical (unpaired) electrons. The molecule has 1 aliphatic rings. The van der Waals surface area contributed by atoms with Crippen LogP contribution in [-0.2, 0) is 6.54 Å². The number of benzene rings is 1. The number of aliphatic hydroxyl groups is 1. The Morgan fingerprint density at radius 1 is 1.31 bits per heavy atom. The van der Waals surface area contributed by atoms with Crippen molar-refractivity contribution in [3.05, 3.63) is 29.3 Å². The topological polar surface area (TPSA) is 65.9 Å². The van der Waals surface area contributed by atoms with Crippen molar-refractivity contribution in [1.29, 1.82) is 0 Å². The number of guanidine groups is 1. The van der Waals surface area contributed by atoms with Crippen molar-refractivity contribution in [3.8, 4) is 5.75 Å². The molecule has 148 valence electrons. The number of halogens is 1. The van der Waals surface area contributed by atoms with Crippen LogP contribution in [0.2, 0.25) is 0 Å². The molecule has 1 atom stereocenters. The van der Waals surface area contributed by atoms with Gasteiger partial charge in [0.05, 0.1) is 18.2 Å². The third kappa shape index (κ3) is 6.95. The first-order valence-corrected chi connectivity index (χ1v) is 9.46. The quantitative estimate of drug-likeness (QED) is 0.304. The Balaban J connectivity index is 0.00000338. The van der Waals surface area contributed by atoms with Gasteiger partial charge in [-0.15, -0.1) is 24.0 Å². The van der Waals surface area contributed by atoms with E-state index in [0.29, 0.717) is 13.1 Å². The van der Waals surface area contributed by atoms with Crippen LogP contribution in [0.15, 0.2) is 23.2 Å². The number of ether oxygens (including phenoxy) is 1. The van der Waals surface area contributed by atoms with E-state index in [1.54, 1.807) is 0 Å². The van der Waals surface area contributed by atoms with E-state index >= 15 is 0 Å². The highest BCUT2D eigenvalue weighted by Crippen LogP contribution is 2.30. The Morgan fingerprint density at radius 3 is 2.62 bits per heavy atom. The molecular weight excluding hydrogens is 441 g/mol. The lowest BCUT2D eigenvalue weighted by atomic mass is 9.80. The van der Waals surface area contributed by atoms with Crippen LogP contribution in [0.25, 0.3) is 0 Å². The molecule has 5 nitrogen and oxygen atoms in total. The molecule has 0 spiro atoms. The van der Waals surface area contributed by atoms with Crippen molar-refractivity contribution < 1.29 is 9.84 Å². The fraction of sp³-hybridized carbons (Fsp3) is 0.650. The summed E-state index contributed by atoms with van der Waals surface area (Å²) in [7, 11) is 0. The number of rotatable bonds is 8. The zero-order valence-electron chi connectivity index (χ0n) is 16.5. The van der Waals surface area contributed by atoms with Crippen LogP contribution in [0, 0.1) is 6.92 Å². The van der Waals surface area contributed by atoms with Gasteiger partial charge in [0.15, 0.2) is 5.96 Å². The van der Waals surface area contributed by atoms with Crippen LogP contribution < -0.4 is 15.4 Å². The Morgan fingerprint density at radius 2 is 2.04 bits per heavy atom. The van der Waals surface area contributed by atoms with Crippen LogP contribution in [0.5, 0.6) is 5.75 Å². The third-order valence-electron chi connectivity index (χ3n) is 4.75. The minimum atomic E-state index is -0.565. The van der Waals surface area contributed by atoms with Crippen molar-refractivity contribution in [1.82, 2.24) is 10.6 Å². The van der Waals surface area contributed by atoms with Crippen molar-refractivity contribution in [2.45, 2.75) is 71.6 Å². The van der Waals surface area contributed by atoms with Gasteiger partial charge in [-0.1, -0.05) is 19.1 Å². The lowest BCUT2D eigenvalue weighted by molar-refractivity contribution is -0.0279. The molecule has 1 aromatic carbocycles. The van der Waals surface area contributed by atoms with Gasteiger partial charge in [-0.3, -0.25) is 0 Å². The molecule has 0 aliphatic heterocycles. The Labute approximate surface area is 175 Å². The molecule has 0 heterocycles. The summed E-state index contributed by atoms with van der Waals surface area (Å²) >= 11 is 0. The predicted octanol–water partition coefficient (Wildman–Crippen LogP) is 3.76. The highest BCUT2D eigenvalue weighted by Gasteiger charge is 2.34. The number of aliphatic imine (C=N–C) groups is 1. The lowest BCUT2D eigenvalue weighted by Crippen LogP contribution is -2.50. The second kappa shape index (κ2) is 11.0. The maximum absolute atomic E-state index is 10.2. The number of hydrogen-bond acceptors (Lipinski definition) is 3. The molecule has 1 saturated carbocycles. The van der Waals surface area contributed by atoms with E-state index < -0.39 is 5.60 Å². The van der Waals surface area contributed by atoms with Gasteiger partial charge in [0.1, 0.15) is 5.75 Å². The normalized spacial score (nSPS) is 16.9. The first-order valence-electron chi connectivity index (χ1n) is 9.46. The van der Waals surface area contributed by atoms with E-state index in [-0.39, 0.29) is 30.1 Å². The van der Waals surface area contributed by atoms with Gasteiger partial charge in [0.25, 0.3) is 0 Å². The summed E-state index contributed by atoms with van der Waals surface area (Å²) in [5.74, 6) is 1.64. The predicted molar refractivity (Wildman–Crippen MR) is 119 cm³/mol. The van der Waals surface area contributed by atoms with E-state index in [1.807, 2.05) is 6.92 Å². The van der Waals surface area contributed by atoms with Crippen LogP contribution in [-0.4, -0.2) is 35.9 Å². The molecule has 0 aromatic heterocycles. The van der Waals surface area contributed by atoms with Gasteiger partial charge in [0.2, 0.25) is 0 Å². The molecule has 3 N–H and O–H groups in total. The molecule has 1 aliphatic carbocycles. The van der Waals surface area contributed by atoms with Gasteiger partial charge in [-0.25, -0.2) is 4.99 Å². The van der Waals surface area contributed by atoms with Crippen LogP contribution in [0.3, 0.4) is 0 Å². The van der Waals surface area contributed by atoms with Gasteiger partial charge in [-0.05, 0) is 58.1 Å². The van der Waals surface area contributed by atoms with Gasteiger partial charge in [-0.2, -0.15) is 0 Å². The second-order valence-corrected chi connectivity index (χ2v) is 7.07. The van der Waals surface area contributed by atoms with Gasteiger partial charge in [0, 0.05) is 18.7 Å². The summed E-state index contributed by atoms with van der Waals surface area (Å²) in [5.41, 5.74) is 1.69. The summed E-state index contributed by atoms with van der Waals surface area (Å²) < 4.78 is 6.06. The molecule has 6 heteroatoms. The summed E-state index contributed by atoms with van der Waals surface area (Å²) in [6, 6.07) is 6.25. The Bertz CT molecular complexity index is 588. The van der Waals surface area contributed by atoms with E-state index in [0.717, 1.165) is 49.5 Å². The first-order chi connectivity index (χ1) is 12.0. The molecule has 1 aromatic rings. The maximum atomic E-state index is 10.2. The molecule has 2 rings (SSSR count). The summed E-state index contributed by atoms with van der Waals surface area (Å²) in [6.07, 6.45) is 3.99. The first kappa shape index (κ1) is 23.0. The van der Waals surface area contributed by atoms with Gasteiger partial charge >= 0.3 is 0 Å². The second-order valence-electron chi connectivity index (χ2n) is 7.07. The average Bonchev–Trinajstić information content (AvgIpc) is 2.56. The van der Waals surface area contributed by atoms with E-state index in [2.05, 4.69) is 54.6 Å². The van der Waals surface area contributed by atoms with Crippen LogP contribution in [0.4, 0.5) is 0 Å². The van der Waals surface area contributed by atoms with Crippen molar-refractivity contribution in [2.24, 2.45) is 4.99 Å². The molecule has 0 amide bonds. The standard InChI is InChI=1S/C20H33N3O2.HI/c1-5-16(4)25-18-12-15(3)8-9-17(18)13-22-19(21-6-2)23-14-20(24)10-7-11-20;/h8-9,12,16,24H,5-7,10-11,13-14H2,1-4H3,(H2,21,22,23);1H. The highest BCUT2D eigenvalue weighted by atomic mass is 127. The Kier molecular flexibility index (Phi) is 9.71. The lowest BCUT2D eigenvalue weighted by Gasteiger charge is -2.37. The summed E-state index contributed by atoms with van der Waals surface area (Å²) in [6.45, 7) is 10.2. The summed E-state index contributed by atoms with van der Waals surface area (Å²) in [4.78, 5) is 4.67. The molecular formula is C20H34IN3O2. The van der Waals surface area contributed by atoms with Crippen LogP contribution in [0.1, 0.15) is 57.6 Å². The van der Waals surface area contributed by atoms with Crippen molar-refractivity contribution in [3.63, 3.8) is 0 Å². The van der Waals surface area contributed by atoms with Crippen molar-refractivity contribution in [2.75, 3.05) is 13.1 Å². The van der Waals surface area contributed by atoms with E-state index in [1.165, 1.54) is 5.56 Å². The molecule has 1 unspecified atom stereocenters. The largest absolute Gasteiger partial charge is 0.490 e. The minimum Gasteiger partial charge on any atom is -0.490 e. The third-order valence-corrected chi connectivity index (χ3v) is 4.75. The molecule has 1 fully saturated rings. The smallest absolute Gasteiger partial charge is 0.191 e. The zero-order chi connectivity index (χ0) is 18.3. The molecule has 0 saturated heterocycles.